The molecule has 8 nitrogen and oxygen atoms in total. The number of hydrogen-bond donors (Lipinski definition) is 4. The number of phenols is 2. The van der Waals surface area contributed by atoms with Crippen molar-refractivity contribution in [2.45, 2.75) is 22.6 Å². The minimum Gasteiger partial charge on any atom is -0.508 e. The highest BCUT2D eigenvalue weighted by Crippen LogP contribution is 2.14. The van der Waals surface area contributed by atoms with Gasteiger partial charge in [-0.1, -0.05) is 36.1 Å². The predicted molar refractivity (Wildman–Crippen MR) is 145 cm³/mol. The molecule has 0 atom stereocenters. The fourth-order valence-corrected chi connectivity index (χ4v) is 4.25. The van der Waals surface area contributed by atoms with E-state index in [0.29, 0.717) is 5.56 Å². The number of primary sulfonamides is 2. The summed E-state index contributed by atoms with van der Waals surface area (Å²) in [6.45, 7) is 0. The fourth-order valence-electron chi connectivity index (χ4n) is 3.21. The topological polar surface area (TPSA) is 161 Å². The van der Waals surface area contributed by atoms with Crippen molar-refractivity contribution in [3.05, 3.63) is 119 Å². The second kappa shape index (κ2) is 12.4. The van der Waals surface area contributed by atoms with Crippen LogP contribution in [0.4, 0.5) is 0 Å². The summed E-state index contributed by atoms with van der Waals surface area (Å²) in [6, 6.07) is 26.1. The number of benzene rings is 4. The molecule has 0 heterocycles. The van der Waals surface area contributed by atoms with Crippen LogP contribution >= 0.6 is 0 Å². The number of phenolic OH excluding ortho intramolecular Hbond substituents is 2. The summed E-state index contributed by atoms with van der Waals surface area (Å²) in [5, 5.41) is 28.3. The molecule has 0 spiro atoms. The third kappa shape index (κ3) is 9.06. The normalized spacial score (nSPS) is 11.0. The van der Waals surface area contributed by atoms with E-state index < -0.39 is 20.0 Å². The van der Waals surface area contributed by atoms with Gasteiger partial charge >= 0.3 is 0 Å². The standard InChI is InChI=1S/C14H15NO3S.C14H11NO3S/c2*15-19(17,18)14-9-5-12(6-10-14)2-1-11-3-7-13(16)8-4-11/h3-10,16H,1-2H2,(H2,15,17,18);3-10,16H,(H2,15,17,18). The largest absolute Gasteiger partial charge is 0.508 e. The van der Waals surface area contributed by atoms with Crippen molar-refractivity contribution in [1.82, 2.24) is 0 Å². The van der Waals surface area contributed by atoms with E-state index in [1.54, 1.807) is 60.7 Å². The van der Waals surface area contributed by atoms with E-state index in [0.717, 1.165) is 29.5 Å². The van der Waals surface area contributed by atoms with Gasteiger partial charge in [-0.25, -0.2) is 27.1 Å². The van der Waals surface area contributed by atoms with Crippen molar-refractivity contribution in [2.24, 2.45) is 10.3 Å². The third-order valence-corrected chi connectivity index (χ3v) is 7.15. The molecule has 0 aliphatic carbocycles. The summed E-state index contributed by atoms with van der Waals surface area (Å²) in [6.07, 6.45) is 1.63. The quantitative estimate of drug-likeness (QED) is 0.279. The van der Waals surface area contributed by atoms with E-state index in [9.17, 15) is 21.9 Å². The number of aromatic hydroxyl groups is 2. The molecule has 38 heavy (non-hydrogen) atoms. The summed E-state index contributed by atoms with van der Waals surface area (Å²) in [5.41, 5.74) is 3.60. The lowest BCUT2D eigenvalue weighted by Gasteiger charge is -2.04. The van der Waals surface area contributed by atoms with Gasteiger partial charge in [-0.15, -0.1) is 0 Å². The van der Waals surface area contributed by atoms with Crippen LogP contribution in [0.3, 0.4) is 0 Å². The van der Waals surface area contributed by atoms with E-state index in [1.165, 1.54) is 24.3 Å². The zero-order chi connectivity index (χ0) is 27.8. The highest BCUT2D eigenvalue weighted by molar-refractivity contribution is 7.89. The van der Waals surface area contributed by atoms with Crippen molar-refractivity contribution in [3.63, 3.8) is 0 Å². The molecule has 6 N–H and O–H groups in total. The minimum absolute atomic E-state index is 0.0580. The van der Waals surface area contributed by atoms with Gasteiger partial charge in [0.15, 0.2) is 0 Å². The van der Waals surface area contributed by atoms with Gasteiger partial charge in [0.1, 0.15) is 11.5 Å². The maximum atomic E-state index is 11.1. The van der Waals surface area contributed by atoms with Gasteiger partial charge in [0.05, 0.1) is 9.79 Å². The summed E-state index contributed by atoms with van der Waals surface area (Å²) in [7, 11) is -7.29. The molecule has 196 valence electrons. The van der Waals surface area contributed by atoms with Crippen molar-refractivity contribution < 1.29 is 27.0 Å². The summed E-state index contributed by atoms with van der Waals surface area (Å²) in [4.78, 5) is 0.184. The van der Waals surface area contributed by atoms with Gasteiger partial charge in [0, 0.05) is 11.1 Å². The molecule has 0 fully saturated rings. The smallest absolute Gasteiger partial charge is 0.238 e. The molecule has 0 aromatic heterocycles. The second-order valence-electron chi connectivity index (χ2n) is 8.22. The SMILES string of the molecule is NS(=O)(=O)c1ccc(C#Cc2ccc(O)cc2)cc1.NS(=O)(=O)c1ccc(CCc2ccc(O)cc2)cc1. The van der Waals surface area contributed by atoms with E-state index in [-0.39, 0.29) is 21.3 Å². The zero-order valence-electron chi connectivity index (χ0n) is 20.2. The van der Waals surface area contributed by atoms with Crippen LogP contribution in [0.25, 0.3) is 0 Å². The first-order valence-electron chi connectivity index (χ1n) is 11.2. The highest BCUT2D eigenvalue weighted by Gasteiger charge is 2.07. The van der Waals surface area contributed by atoms with Gasteiger partial charge in [-0.3, -0.25) is 0 Å². The molecule has 0 unspecified atom stereocenters. The Bertz CT molecular complexity index is 1640. The van der Waals surface area contributed by atoms with Crippen LogP contribution in [0.5, 0.6) is 11.5 Å². The molecule has 0 radical (unpaired) electrons. The van der Waals surface area contributed by atoms with Crippen LogP contribution in [0.15, 0.2) is 107 Å². The number of aryl methyl sites for hydroxylation is 2. The number of rotatable bonds is 5. The highest BCUT2D eigenvalue weighted by atomic mass is 32.2. The average molecular weight is 551 g/mol. The molecule has 10 heteroatoms. The second-order valence-corrected chi connectivity index (χ2v) is 11.3. The molecule has 0 bridgehead atoms. The Kier molecular flexibility index (Phi) is 9.28. The van der Waals surface area contributed by atoms with E-state index in [2.05, 4.69) is 11.8 Å². The summed E-state index contributed by atoms with van der Waals surface area (Å²) < 4.78 is 44.4. The summed E-state index contributed by atoms with van der Waals surface area (Å²) >= 11 is 0. The Morgan fingerprint density at radius 3 is 1.16 bits per heavy atom. The Morgan fingerprint density at radius 2 is 0.789 bits per heavy atom. The molecular formula is C28H26N2O6S2. The molecule has 4 aromatic rings. The van der Waals surface area contributed by atoms with Crippen molar-refractivity contribution in [2.75, 3.05) is 0 Å². The van der Waals surface area contributed by atoms with Gasteiger partial charge in [-0.2, -0.15) is 0 Å². The number of sulfonamides is 2. The summed E-state index contributed by atoms with van der Waals surface area (Å²) in [5.74, 6) is 6.23. The first kappa shape index (κ1) is 28.4. The first-order valence-corrected chi connectivity index (χ1v) is 14.3. The third-order valence-electron chi connectivity index (χ3n) is 5.29. The van der Waals surface area contributed by atoms with Gasteiger partial charge in [0.25, 0.3) is 0 Å². The Balaban J connectivity index is 0.000000211. The molecule has 4 aromatic carbocycles. The van der Waals surface area contributed by atoms with Crippen LogP contribution in [0, 0.1) is 11.8 Å². The molecule has 0 saturated heterocycles. The lowest BCUT2D eigenvalue weighted by atomic mass is 10.0. The molecule has 0 amide bonds. The molecule has 0 saturated carbocycles. The first-order chi connectivity index (χ1) is 17.9. The monoisotopic (exact) mass is 550 g/mol. The zero-order valence-corrected chi connectivity index (χ0v) is 21.8. The molecule has 0 aliphatic rings. The van der Waals surface area contributed by atoms with Gasteiger partial charge in [0.2, 0.25) is 20.0 Å². The van der Waals surface area contributed by atoms with Crippen molar-refractivity contribution in [1.29, 1.82) is 0 Å². The number of hydrogen-bond acceptors (Lipinski definition) is 6. The van der Waals surface area contributed by atoms with Crippen molar-refractivity contribution >= 4 is 20.0 Å². The average Bonchev–Trinajstić information content (AvgIpc) is 2.88. The minimum atomic E-state index is -3.67. The fraction of sp³-hybridized carbons (Fsp3) is 0.0714. The number of nitrogens with two attached hydrogens (primary N) is 2. The van der Waals surface area contributed by atoms with Gasteiger partial charge in [-0.05, 0) is 96.8 Å². The molecule has 0 aliphatic heterocycles. The maximum Gasteiger partial charge on any atom is 0.238 e. The van der Waals surface area contributed by atoms with Crippen LogP contribution in [-0.4, -0.2) is 27.0 Å². The van der Waals surface area contributed by atoms with Crippen LogP contribution < -0.4 is 10.3 Å². The Hall–Kier alpha value is -4.14. The Morgan fingerprint density at radius 1 is 0.500 bits per heavy atom. The van der Waals surface area contributed by atoms with Crippen molar-refractivity contribution in [3.8, 4) is 23.3 Å². The lowest BCUT2D eigenvalue weighted by Crippen LogP contribution is -2.11. The van der Waals surface area contributed by atoms with E-state index in [4.69, 9.17) is 15.4 Å². The van der Waals surface area contributed by atoms with E-state index >= 15 is 0 Å². The Labute approximate surface area is 222 Å². The van der Waals surface area contributed by atoms with Gasteiger partial charge < -0.3 is 10.2 Å². The predicted octanol–water partition coefficient (Wildman–Crippen LogP) is 3.26. The molecule has 4 rings (SSSR count). The van der Waals surface area contributed by atoms with Crippen LogP contribution in [-0.2, 0) is 32.9 Å². The van der Waals surface area contributed by atoms with E-state index in [1.807, 2.05) is 12.1 Å². The van der Waals surface area contributed by atoms with Crippen LogP contribution in [0.1, 0.15) is 22.3 Å². The molecular weight excluding hydrogens is 524 g/mol. The van der Waals surface area contributed by atoms with Crippen LogP contribution in [0.2, 0.25) is 0 Å². The maximum absolute atomic E-state index is 11.1. The lowest BCUT2D eigenvalue weighted by molar-refractivity contribution is 0.474.